The molecular weight excluding hydrogens is 314 g/mol. The van der Waals surface area contributed by atoms with Gasteiger partial charge >= 0.3 is 5.97 Å². The fourth-order valence-electron chi connectivity index (χ4n) is 2.54. The third-order valence-corrected chi connectivity index (χ3v) is 3.54. The summed E-state index contributed by atoms with van der Waals surface area (Å²) >= 11 is 0. The minimum atomic E-state index is -1.27. The number of carbonyl (C=O) groups is 2. The molecule has 0 spiro atoms. The van der Waals surface area contributed by atoms with Crippen LogP contribution in [0.4, 0.5) is 0 Å². The van der Waals surface area contributed by atoms with Crippen LogP contribution in [0.3, 0.4) is 0 Å². The van der Waals surface area contributed by atoms with Crippen LogP contribution in [0.5, 0.6) is 0 Å². The number of hydrogen-bond donors (Lipinski definition) is 2. The Bertz CT molecular complexity index is 380. The summed E-state index contributed by atoms with van der Waals surface area (Å²) in [6.07, 6.45) is 0.718. The number of nitrogens with zero attached hydrogens (tertiary/aromatic N) is 1. The Kier molecular flexibility index (Phi) is 10.8. The molecule has 0 bridgehead atoms. The zero-order valence-corrected chi connectivity index (χ0v) is 15.4. The van der Waals surface area contributed by atoms with Crippen molar-refractivity contribution in [1.29, 1.82) is 0 Å². The molecule has 0 aliphatic heterocycles. The Morgan fingerprint density at radius 3 is 2.12 bits per heavy atom. The molecular formula is C17H33NO6. The Balaban J connectivity index is 4.23. The van der Waals surface area contributed by atoms with Crippen LogP contribution >= 0.6 is 0 Å². The van der Waals surface area contributed by atoms with E-state index in [1.807, 2.05) is 28.1 Å². The van der Waals surface area contributed by atoms with Crippen molar-refractivity contribution in [3.8, 4) is 0 Å². The van der Waals surface area contributed by atoms with Crippen molar-refractivity contribution in [2.75, 3.05) is 27.7 Å². The molecule has 0 saturated heterocycles. The number of carboxylic acids is 1. The van der Waals surface area contributed by atoms with Gasteiger partial charge in [-0.1, -0.05) is 13.3 Å². The van der Waals surface area contributed by atoms with Crippen molar-refractivity contribution in [2.45, 2.75) is 70.2 Å². The Morgan fingerprint density at radius 1 is 1.04 bits per heavy atom. The second kappa shape index (κ2) is 11.4. The number of ether oxygens (including phenoxy) is 1. The highest BCUT2D eigenvalue weighted by molar-refractivity contribution is 5.71. The van der Waals surface area contributed by atoms with Crippen molar-refractivity contribution in [3.05, 3.63) is 0 Å². The first-order valence-electron chi connectivity index (χ1n) is 8.59. The van der Waals surface area contributed by atoms with Gasteiger partial charge in [0.15, 0.2) is 6.10 Å². The molecule has 0 radical (unpaired) electrons. The van der Waals surface area contributed by atoms with Crippen LogP contribution in [-0.2, 0) is 14.3 Å². The fraction of sp³-hybridized carbons (Fsp3) is 0.882. The van der Waals surface area contributed by atoms with E-state index < -0.39 is 24.1 Å². The zero-order chi connectivity index (χ0) is 18.8. The largest absolute Gasteiger partial charge is 0.550 e. The van der Waals surface area contributed by atoms with E-state index in [0.29, 0.717) is 30.3 Å². The topological polar surface area (TPSA) is 107 Å². The molecule has 0 aromatic rings. The Hall–Kier alpha value is -1.18. The van der Waals surface area contributed by atoms with E-state index in [0.717, 1.165) is 12.8 Å². The maximum absolute atomic E-state index is 11.9. The molecule has 3 unspecified atom stereocenters. The highest BCUT2D eigenvalue weighted by atomic mass is 16.5. The summed E-state index contributed by atoms with van der Waals surface area (Å²) in [5.41, 5.74) is 0. The lowest BCUT2D eigenvalue weighted by molar-refractivity contribution is -0.873. The second-order valence-corrected chi connectivity index (χ2v) is 7.39. The summed E-state index contributed by atoms with van der Waals surface area (Å²) in [6.45, 7) is 2.34. The molecule has 0 aromatic heterocycles. The van der Waals surface area contributed by atoms with Gasteiger partial charge in [0.25, 0.3) is 0 Å². The molecule has 2 N–H and O–H groups in total. The lowest BCUT2D eigenvalue weighted by Crippen LogP contribution is -2.45. The molecule has 7 heteroatoms. The van der Waals surface area contributed by atoms with E-state index in [4.69, 9.17) is 4.74 Å². The zero-order valence-electron chi connectivity index (χ0n) is 15.4. The maximum atomic E-state index is 11.9. The Labute approximate surface area is 144 Å². The monoisotopic (exact) mass is 347 g/mol. The first kappa shape index (κ1) is 22.8. The van der Waals surface area contributed by atoms with Gasteiger partial charge in [0, 0.05) is 12.4 Å². The van der Waals surface area contributed by atoms with Crippen molar-refractivity contribution >= 4 is 11.9 Å². The number of hydrogen-bond acceptors (Lipinski definition) is 6. The van der Waals surface area contributed by atoms with Crippen LogP contribution in [0.15, 0.2) is 0 Å². The van der Waals surface area contributed by atoms with Gasteiger partial charge in [-0.05, 0) is 25.7 Å². The second-order valence-electron chi connectivity index (χ2n) is 7.39. The first-order chi connectivity index (χ1) is 11.0. The molecule has 0 heterocycles. The van der Waals surface area contributed by atoms with Crippen molar-refractivity contribution in [3.63, 3.8) is 0 Å². The molecule has 0 aliphatic rings. The number of quaternary nitrogens is 1. The van der Waals surface area contributed by atoms with E-state index in [-0.39, 0.29) is 18.9 Å². The van der Waals surface area contributed by atoms with Crippen LogP contribution in [0.2, 0.25) is 0 Å². The number of esters is 1. The van der Waals surface area contributed by atoms with E-state index in [9.17, 15) is 24.9 Å². The number of aliphatic hydroxyl groups is 2. The number of carbonyl (C=O) groups excluding carboxylic acids is 2. The molecule has 0 aliphatic carbocycles. The van der Waals surface area contributed by atoms with Gasteiger partial charge in [0.05, 0.1) is 39.8 Å². The maximum Gasteiger partial charge on any atom is 0.308 e. The minimum Gasteiger partial charge on any atom is -0.550 e. The van der Waals surface area contributed by atoms with Gasteiger partial charge in [0.1, 0.15) is 6.54 Å². The van der Waals surface area contributed by atoms with Crippen LogP contribution in [0.1, 0.15) is 51.9 Å². The van der Waals surface area contributed by atoms with Crippen molar-refractivity contribution in [1.82, 2.24) is 0 Å². The van der Waals surface area contributed by atoms with Gasteiger partial charge in [-0.2, -0.15) is 0 Å². The highest BCUT2D eigenvalue weighted by Crippen LogP contribution is 2.12. The standard InChI is InChI=1S/C17H33NO6/c1-5-7-13(19)8-6-9-14(20)10-17(23)24-15(11-16(21)22)12-18(2,3)4/h13-15,19-20H,5-12H2,1-4H3. The lowest BCUT2D eigenvalue weighted by Gasteiger charge is -2.29. The molecule has 7 nitrogen and oxygen atoms in total. The predicted molar refractivity (Wildman–Crippen MR) is 87.8 cm³/mol. The third-order valence-electron chi connectivity index (χ3n) is 3.54. The summed E-state index contributed by atoms with van der Waals surface area (Å²) in [6, 6.07) is 0. The molecule has 0 aromatic carbocycles. The summed E-state index contributed by atoms with van der Waals surface area (Å²) in [5.74, 6) is -1.89. The normalized spacial score (nSPS) is 15.6. The molecule has 0 amide bonds. The summed E-state index contributed by atoms with van der Waals surface area (Å²) in [4.78, 5) is 22.7. The van der Waals surface area contributed by atoms with Crippen LogP contribution in [-0.4, -0.2) is 72.6 Å². The number of aliphatic hydroxyl groups excluding tert-OH is 2. The summed E-state index contributed by atoms with van der Waals surface area (Å²) < 4.78 is 5.64. The van der Waals surface area contributed by atoms with Crippen molar-refractivity contribution < 1.29 is 34.1 Å². The summed E-state index contributed by atoms with van der Waals surface area (Å²) in [7, 11) is 5.60. The average molecular weight is 347 g/mol. The Morgan fingerprint density at radius 2 is 1.62 bits per heavy atom. The quantitative estimate of drug-likeness (QED) is 0.354. The highest BCUT2D eigenvalue weighted by Gasteiger charge is 2.23. The van der Waals surface area contributed by atoms with E-state index in [1.54, 1.807) is 0 Å². The molecule has 0 fully saturated rings. The smallest absolute Gasteiger partial charge is 0.308 e. The fourth-order valence-corrected chi connectivity index (χ4v) is 2.54. The number of carboxylic acid groups (broad SMARTS) is 1. The molecule has 24 heavy (non-hydrogen) atoms. The number of aliphatic carboxylic acids is 1. The van der Waals surface area contributed by atoms with E-state index >= 15 is 0 Å². The van der Waals surface area contributed by atoms with E-state index in [2.05, 4.69) is 0 Å². The van der Waals surface area contributed by atoms with Crippen LogP contribution in [0, 0.1) is 0 Å². The van der Waals surface area contributed by atoms with Crippen molar-refractivity contribution in [2.24, 2.45) is 0 Å². The van der Waals surface area contributed by atoms with Gasteiger partial charge in [-0.3, -0.25) is 4.79 Å². The third kappa shape index (κ3) is 13.3. The summed E-state index contributed by atoms with van der Waals surface area (Å²) in [5, 5.41) is 30.3. The van der Waals surface area contributed by atoms with Gasteiger partial charge in [-0.15, -0.1) is 0 Å². The van der Waals surface area contributed by atoms with Gasteiger partial charge < -0.3 is 29.3 Å². The lowest BCUT2D eigenvalue weighted by atomic mass is 10.0. The molecule has 3 atom stereocenters. The molecule has 0 rings (SSSR count). The van der Waals surface area contributed by atoms with Crippen LogP contribution < -0.4 is 5.11 Å². The number of rotatable bonds is 13. The molecule has 0 saturated carbocycles. The van der Waals surface area contributed by atoms with Gasteiger partial charge in [0.2, 0.25) is 0 Å². The number of likely N-dealkylation sites (N-methyl/N-ethyl adjacent to an activating group) is 1. The minimum absolute atomic E-state index is 0.176. The predicted octanol–water partition coefficient (Wildman–Crippen LogP) is -0.173. The molecule has 142 valence electrons. The van der Waals surface area contributed by atoms with Gasteiger partial charge in [-0.25, -0.2) is 0 Å². The average Bonchev–Trinajstić information content (AvgIpc) is 2.35. The van der Waals surface area contributed by atoms with Crippen LogP contribution in [0.25, 0.3) is 0 Å². The SMILES string of the molecule is CCCC(O)CCCC(O)CC(=O)OC(CC(=O)[O-])C[N+](C)(C)C. The first-order valence-corrected chi connectivity index (χ1v) is 8.59. The van der Waals surface area contributed by atoms with E-state index in [1.165, 1.54) is 0 Å².